The van der Waals surface area contributed by atoms with Crippen molar-refractivity contribution < 1.29 is 19.8 Å². The zero-order valence-corrected chi connectivity index (χ0v) is 14.7. The van der Waals surface area contributed by atoms with E-state index in [1.807, 2.05) is 54.6 Å². The average molecular weight is 358 g/mol. The zero-order chi connectivity index (χ0) is 19.4. The second kappa shape index (κ2) is 11.8. The van der Waals surface area contributed by atoms with Gasteiger partial charge >= 0.3 is 11.9 Å². The first-order valence-electron chi connectivity index (χ1n) is 8.48. The molecule has 1 atom stereocenters. The molecule has 6 nitrogen and oxygen atoms in total. The van der Waals surface area contributed by atoms with Crippen molar-refractivity contribution in [3.8, 4) is 11.1 Å². The number of aliphatic carboxylic acids is 2. The van der Waals surface area contributed by atoms with Crippen LogP contribution in [0.1, 0.15) is 24.8 Å². The molecule has 140 valence electrons. The van der Waals surface area contributed by atoms with E-state index in [0.717, 1.165) is 29.5 Å². The van der Waals surface area contributed by atoms with Crippen LogP contribution in [0.15, 0.2) is 54.6 Å². The molecule has 2 aromatic rings. The van der Waals surface area contributed by atoms with Crippen LogP contribution in [0.2, 0.25) is 0 Å². The summed E-state index contributed by atoms with van der Waals surface area (Å²) in [4.78, 5) is 20.7. The molecule has 0 aromatic heterocycles. The molecule has 0 aliphatic carbocycles. The maximum absolute atomic E-state index is 10.5. The summed E-state index contributed by atoms with van der Waals surface area (Å²) < 4.78 is 0. The highest BCUT2D eigenvalue weighted by molar-refractivity contribution is 5.73. The standard InChI is InChI=1S/C14H12O2.C6H14N2O2/c15-14(16)10-11-6-8-13(9-7-11)12-4-2-1-3-5-12;7-4-2-1-3-5(8)6(9)10/h1-9H,10H2,(H,15,16);5H,1-4,7-8H2,(H,9,10)/t;5-/m.0/s1. The van der Waals surface area contributed by atoms with Crippen LogP contribution in [0.4, 0.5) is 0 Å². The maximum Gasteiger partial charge on any atom is 0.320 e. The first kappa shape index (κ1) is 21.3. The van der Waals surface area contributed by atoms with Gasteiger partial charge in [-0.05, 0) is 36.1 Å². The highest BCUT2D eigenvalue weighted by Crippen LogP contribution is 2.19. The average Bonchev–Trinajstić information content (AvgIpc) is 2.63. The van der Waals surface area contributed by atoms with Crippen LogP contribution >= 0.6 is 0 Å². The molecule has 0 spiro atoms. The SMILES string of the molecule is NCCCC[C@H](N)C(=O)O.O=C(O)Cc1ccc(-c2ccccc2)cc1. The molecule has 0 fully saturated rings. The third kappa shape index (κ3) is 8.41. The van der Waals surface area contributed by atoms with Gasteiger partial charge in [0.1, 0.15) is 6.04 Å². The summed E-state index contributed by atoms with van der Waals surface area (Å²) in [6, 6.07) is 16.9. The summed E-state index contributed by atoms with van der Waals surface area (Å²) in [5.41, 5.74) is 13.5. The van der Waals surface area contributed by atoms with Gasteiger partial charge in [0, 0.05) is 0 Å². The van der Waals surface area contributed by atoms with E-state index < -0.39 is 18.0 Å². The van der Waals surface area contributed by atoms with Gasteiger partial charge in [-0.2, -0.15) is 0 Å². The fourth-order valence-electron chi connectivity index (χ4n) is 2.25. The number of unbranched alkanes of at least 4 members (excludes halogenated alkanes) is 1. The van der Waals surface area contributed by atoms with Crippen molar-refractivity contribution in [1.29, 1.82) is 0 Å². The molecule has 6 N–H and O–H groups in total. The normalized spacial score (nSPS) is 11.2. The van der Waals surface area contributed by atoms with Crippen LogP contribution in [0.5, 0.6) is 0 Å². The molecule has 0 aliphatic rings. The Morgan fingerprint density at radius 2 is 1.46 bits per heavy atom. The van der Waals surface area contributed by atoms with E-state index in [-0.39, 0.29) is 6.42 Å². The quantitative estimate of drug-likeness (QED) is 0.537. The van der Waals surface area contributed by atoms with E-state index in [1.54, 1.807) is 0 Å². The van der Waals surface area contributed by atoms with Crippen LogP contribution in [-0.2, 0) is 16.0 Å². The monoisotopic (exact) mass is 358 g/mol. The molecule has 0 heterocycles. The van der Waals surface area contributed by atoms with Crippen molar-refractivity contribution in [3.05, 3.63) is 60.2 Å². The minimum atomic E-state index is -0.933. The van der Waals surface area contributed by atoms with Crippen molar-refractivity contribution in [2.24, 2.45) is 11.5 Å². The minimum absolute atomic E-state index is 0.0784. The first-order valence-corrected chi connectivity index (χ1v) is 8.48. The second-order valence-electron chi connectivity index (χ2n) is 5.86. The predicted octanol–water partition coefficient (Wildman–Crippen LogP) is 2.51. The predicted molar refractivity (Wildman–Crippen MR) is 102 cm³/mol. The molecule has 2 rings (SSSR count). The number of benzene rings is 2. The van der Waals surface area contributed by atoms with Crippen LogP contribution in [0, 0.1) is 0 Å². The lowest BCUT2D eigenvalue weighted by atomic mass is 10.0. The molecule has 0 bridgehead atoms. The fraction of sp³-hybridized carbons (Fsp3) is 0.300. The van der Waals surface area contributed by atoms with Crippen molar-refractivity contribution in [1.82, 2.24) is 0 Å². The molecule has 26 heavy (non-hydrogen) atoms. The third-order valence-corrected chi connectivity index (χ3v) is 3.70. The van der Waals surface area contributed by atoms with Crippen LogP contribution in [-0.4, -0.2) is 34.7 Å². The Morgan fingerprint density at radius 3 is 1.96 bits per heavy atom. The molecule has 0 saturated carbocycles. The number of rotatable bonds is 8. The molecule has 0 aliphatic heterocycles. The van der Waals surface area contributed by atoms with Crippen LogP contribution in [0.3, 0.4) is 0 Å². The Morgan fingerprint density at radius 1 is 0.885 bits per heavy atom. The van der Waals surface area contributed by atoms with E-state index in [9.17, 15) is 9.59 Å². The topological polar surface area (TPSA) is 127 Å². The van der Waals surface area contributed by atoms with Crippen molar-refractivity contribution in [2.75, 3.05) is 6.54 Å². The van der Waals surface area contributed by atoms with Gasteiger partial charge < -0.3 is 21.7 Å². The zero-order valence-electron chi connectivity index (χ0n) is 14.7. The van der Waals surface area contributed by atoms with Crippen molar-refractivity contribution in [3.63, 3.8) is 0 Å². The molecule has 0 saturated heterocycles. The lowest BCUT2D eigenvalue weighted by Crippen LogP contribution is -2.29. The largest absolute Gasteiger partial charge is 0.481 e. The molecular formula is C20H26N2O4. The number of nitrogens with two attached hydrogens (primary N) is 2. The maximum atomic E-state index is 10.5. The molecule has 2 aromatic carbocycles. The number of hydrogen-bond donors (Lipinski definition) is 4. The van der Waals surface area contributed by atoms with Crippen molar-refractivity contribution >= 4 is 11.9 Å². The summed E-state index contributed by atoms with van der Waals surface area (Å²) in [7, 11) is 0. The van der Waals surface area contributed by atoms with E-state index >= 15 is 0 Å². The van der Waals surface area contributed by atoms with Crippen molar-refractivity contribution in [2.45, 2.75) is 31.7 Å². The molecule has 0 radical (unpaired) electrons. The van der Waals surface area contributed by atoms with Gasteiger partial charge in [0.05, 0.1) is 6.42 Å². The Kier molecular flexibility index (Phi) is 9.67. The summed E-state index contributed by atoms with van der Waals surface area (Å²) >= 11 is 0. The van der Waals surface area contributed by atoms with Gasteiger partial charge in [0.25, 0.3) is 0 Å². The summed E-state index contributed by atoms with van der Waals surface area (Å²) in [6.07, 6.45) is 2.24. The van der Waals surface area contributed by atoms with Gasteiger partial charge in [0.2, 0.25) is 0 Å². The number of carbonyl (C=O) groups is 2. The van der Waals surface area contributed by atoms with E-state index in [4.69, 9.17) is 21.7 Å². The van der Waals surface area contributed by atoms with E-state index in [0.29, 0.717) is 13.0 Å². The summed E-state index contributed by atoms with van der Waals surface area (Å²) in [6.45, 7) is 0.604. The number of hydrogen-bond acceptors (Lipinski definition) is 4. The van der Waals surface area contributed by atoms with Gasteiger partial charge in [-0.15, -0.1) is 0 Å². The van der Waals surface area contributed by atoms with Gasteiger partial charge in [-0.1, -0.05) is 61.0 Å². The molecule has 0 unspecified atom stereocenters. The highest BCUT2D eigenvalue weighted by atomic mass is 16.4. The van der Waals surface area contributed by atoms with Crippen LogP contribution < -0.4 is 11.5 Å². The lowest BCUT2D eigenvalue weighted by Gasteiger charge is -2.03. The van der Waals surface area contributed by atoms with Gasteiger partial charge in [-0.25, -0.2) is 0 Å². The molecule has 0 amide bonds. The lowest BCUT2D eigenvalue weighted by molar-refractivity contribution is -0.139. The number of carboxylic acid groups (broad SMARTS) is 2. The Balaban J connectivity index is 0.000000294. The fourth-order valence-corrected chi connectivity index (χ4v) is 2.25. The first-order chi connectivity index (χ1) is 12.4. The third-order valence-electron chi connectivity index (χ3n) is 3.70. The summed E-state index contributed by atoms with van der Waals surface area (Å²) in [5, 5.41) is 17.0. The molecular weight excluding hydrogens is 332 g/mol. The van der Waals surface area contributed by atoms with E-state index in [1.165, 1.54) is 0 Å². The minimum Gasteiger partial charge on any atom is -0.481 e. The Bertz CT molecular complexity index is 672. The smallest absolute Gasteiger partial charge is 0.320 e. The molecule has 6 heteroatoms. The number of carboxylic acids is 2. The van der Waals surface area contributed by atoms with Gasteiger partial charge in [-0.3, -0.25) is 9.59 Å². The Hall–Kier alpha value is -2.70. The second-order valence-corrected chi connectivity index (χ2v) is 5.86. The van der Waals surface area contributed by atoms with E-state index in [2.05, 4.69) is 0 Å². The van der Waals surface area contributed by atoms with Crippen LogP contribution in [0.25, 0.3) is 11.1 Å². The summed E-state index contributed by atoms with van der Waals surface area (Å²) in [5.74, 6) is -1.73. The highest BCUT2D eigenvalue weighted by Gasteiger charge is 2.09. The van der Waals surface area contributed by atoms with Gasteiger partial charge in [0.15, 0.2) is 0 Å². The Labute approximate surface area is 153 Å².